The SMILES string of the molecule is CCC(O)CC(C)OCc1ccccc1. The van der Waals surface area contributed by atoms with Crippen molar-refractivity contribution in [3.8, 4) is 0 Å². The maximum Gasteiger partial charge on any atom is 0.0720 e. The van der Waals surface area contributed by atoms with Gasteiger partial charge in [0, 0.05) is 0 Å². The lowest BCUT2D eigenvalue weighted by Gasteiger charge is -2.16. The molecular weight excluding hydrogens is 188 g/mol. The van der Waals surface area contributed by atoms with Gasteiger partial charge in [-0.15, -0.1) is 0 Å². The second-order valence-electron chi connectivity index (χ2n) is 3.90. The molecule has 84 valence electrons. The molecule has 1 aromatic rings. The van der Waals surface area contributed by atoms with Crippen molar-refractivity contribution in [1.82, 2.24) is 0 Å². The minimum atomic E-state index is -0.240. The third kappa shape index (κ3) is 4.96. The molecule has 2 nitrogen and oxygen atoms in total. The quantitative estimate of drug-likeness (QED) is 0.779. The normalized spacial score (nSPS) is 14.9. The van der Waals surface area contributed by atoms with Gasteiger partial charge in [-0.1, -0.05) is 37.3 Å². The number of hydrogen-bond donors (Lipinski definition) is 1. The fourth-order valence-corrected chi connectivity index (χ4v) is 1.43. The molecule has 0 radical (unpaired) electrons. The number of aliphatic hydroxyl groups excluding tert-OH is 1. The molecule has 0 saturated heterocycles. The highest BCUT2D eigenvalue weighted by molar-refractivity contribution is 5.13. The van der Waals surface area contributed by atoms with Crippen LogP contribution in [0.15, 0.2) is 30.3 Å². The second-order valence-corrected chi connectivity index (χ2v) is 3.90. The Hall–Kier alpha value is -0.860. The van der Waals surface area contributed by atoms with E-state index in [1.54, 1.807) is 0 Å². The Morgan fingerprint density at radius 3 is 2.53 bits per heavy atom. The predicted octanol–water partition coefficient (Wildman–Crippen LogP) is 2.75. The lowest BCUT2D eigenvalue weighted by atomic mass is 10.1. The third-order valence-corrected chi connectivity index (χ3v) is 2.45. The van der Waals surface area contributed by atoms with Crippen LogP contribution in [-0.2, 0) is 11.3 Å². The summed E-state index contributed by atoms with van der Waals surface area (Å²) >= 11 is 0. The highest BCUT2D eigenvalue weighted by atomic mass is 16.5. The van der Waals surface area contributed by atoms with Gasteiger partial charge in [-0.25, -0.2) is 0 Å². The fraction of sp³-hybridized carbons (Fsp3) is 0.538. The molecule has 2 unspecified atom stereocenters. The van der Waals surface area contributed by atoms with Crippen molar-refractivity contribution in [2.45, 2.75) is 45.5 Å². The first-order chi connectivity index (χ1) is 7.22. The standard InChI is InChI=1S/C13H20O2/c1-3-13(14)9-11(2)15-10-12-7-5-4-6-8-12/h4-8,11,13-14H,3,9-10H2,1-2H3. The zero-order chi connectivity index (χ0) is 11.1. The van der Waals surface area contributed by atoms with Gasteiger partial charge in [-0.3, -0.25) is 0 Å². The van der Waals surface area contributed by atoms with Crippen LogP contribution in [0.4, 0.5) is 0 Å². The van der Waals surface area contributed by atoms with Gasteiger partial charge < -0.3 is 9.84 Å². The first kappa shape index (κ1) is 12.2. The number of rotatable bonds is 6. The molecule has 0 aliphatic carbocycles. The van der Waals surface area contributed by atoms with Crippen molar-refractivity contribution >= 4 is 0 Å². The fourth-order valence-electron chi connectivity index (χ4n) is 1.43. The van der Waals surface area contributed by atoms with Crippen LogP contribution in [0, 0.1) is 0 Å². The van der Waals surface area contributed by atoms with Crippen LogP contribution in [0.2, 0.25) is 0 Å². The maximum absolute atomic E-state index is 9.45. The van der Waals surface area contributed by atoms with Gasteiger partial charge in [0.25, 0.3) is 0 Å². The van der Waals surface area contributed by atoms with E-state index in [1.165, 1.54) is 5.56 Å². The molecule has 0 fully saturated rings. The molecule has 0 aliphatic heterocycles. The monoisotopic (exact) mass is 208 g/mol. The van der Waals surface area contributed by atoms with E-state index in [4.69, 9.17) is 4.74 Å². The summed E-state index contributed by atoms with van der Waals surface area (Å²) in [6, 6.07) is 10.1. The van der Waals surface area contributed by atoms with E-state index in [1.807, 2.05) is 44.2 Å². The molecule has 1 aromatic carbocycles. The second kappa shape index (κ2) is 6.59. The summed E-state index contributed by atoms with van der Waals surface area (Å²) in [5.74, 6) is 0. The zero-order valence-electron chi connectivity index (χ0n) is 9.52. The molecular formula is C13H20O2. The van der Waals surface area contributed by atoms with Crippen LogP contribution in [0.5, 0.6) is 0 Å². The average molecular weight is 208 g/mol. The smallest absolute Gasteiger partial charge is 0.0720 e. The first-order valence-electron chi connectivity index (χ1n) is 5.56. The summed E-state index contributed by atoms with van der Waals surface area (Å²) < 4.78 is 5.64. The van der Waals surface area contributed by atoms with Gasteiger partial charge >= 0.3 is 0 Å². The molecule has 1 rings (SSSR count). The summed E-state index contributed by atoms with van der Waals surface area (Å²) in [5, 5.41) is 9.45. The minimum absolute atomic E-state index is 0.111. The van der Waals surface area contributed by atoms with E-state index in [-0.39, 0.29) is 12.2 Å². The molecule has 2 heteroatoms. The summed E-state index contributed by atoms with van der Waals surface area (Å²) in [5.41, 5.74) is 1.18. The van der Waals surface area contributed by atoms with Crippen LogP contribution in [0.1, 0.15) is 32.3 Å². The first-order valence-corrected chi connectivity index (χ1v) is 5.56. The van der Waals surface area contributed by atoms with Crippen LogP contribution in [-0.4, -0.2) is 17.3 Å². The summed E-state index contributed by atoms with van der Waals surface area (Å²) in [6.07, 6.45) is 1.37. The number of ether oxygens (including phenoxy) is 1. The molecule has 0 aromatic heterocycles. The van der Waals surface area contributed by atoms with E-state index in [0.29, 0.717) is 13.0 Å². The van der Waals surface area contributed by atoms with Gasteiger partial charge in [0.1, 0.15) is 0 Å². The van der Waals surface area contributed by atoms with Crippen molar-refractivity contribution in [2.75, 3.05) is 0 Å². The third-order valence-electron chi connectivity index (χ3n) is 2.45. The van der Waals surface area contributed by atoms with E-state index in [0.717, 1.165) is 6.42 Å². The highest BCUT2D eigenvalue weighted by Gasteiger charge is 2.08. The number of hydrogen-bond acceptors (Lipinski definition) is 2. The van der Waals surface area contributed by atoms with E-state index < -0.39 is 0 Å². The minimum Gasteiger partial charge on any atom is -0.393 e. The lowest BCUT2D eigenvalue weighted by molar-refractivity contribution is 0.0140. The van der Waals surface area contributed by atoms with E-state index in [2.05, 4.69) is 0 Å². The van der Waals surface area contributed by atoms with Gasteiger partial charge in [0.15, 0.2) is 0 Å². The number of benzene rings is 1. The van der Waals surface area contributed by atoms with Crippen molar-refractivity contribution < 1.29 is 9.84 Å². The maximum atomic E-state index is 9.45. The van der Waals surface area contributed by atoms with Gasteiger partial charge in [0.05, 0.1) is 18.8 Å². The topological polar surface area (TPSA) is 29.5 Å². The Balaban J connectivity index is 2.25. The zero-order valence-corrected chi connectivity index (χ0v) is 9.52. The lowest BCUT2D eigenvalue weighted by Crippen LogP contribution is -2.17. The molecule has 0 saturated carbocycles. The van der Waals surface area contributed by atoms with Crippen molar-refractivity contribution in [2.24, 2.45) is 0 Å². The van der Waals surface area contributed by atoms with Crippen molar-refractivity contribution in [3.05, 3.63) is 35.9 Å². The molecule has 15 heavy (non-hydrogen) atoms. The van der Waals surface area contributed by atoms with Gasteiger partial charge in [0.2, 0.25) is 0 Å². The Bertz CT molecular complexity index is 258. The summed E-state index contributed by atoms with van der Waals surface area (Å²) in [7, 11) is 0. The van der Waals surface area contributed by atoms with E-state index >= 15 is 0 Å². The summed E-state index contributed by atoms with van der Waals surface area (Å²) in [4.78, 5) is 0. The summed E-state index contributed by atoms with van der Waals surface area (Å²) in [6.45, 7) is 4.61. The average Bonchev–Trinajstić information content (AvgIpc) is 2.27. The molecule has 0 heterocycles. The molecule has 0 spiro atoms. The van der Waals surface area contributed by atoms with Crippen LogP contribution >= 0.6 is 0 Å². The molecule has 2 atom stereocenters. The Labute approximate surface area is 91.9 Å². The van der Waals surface area contributed by atoms with Crippen LogP contribution in [0.3, 0.4) is 0 Å². The molecule has 0 aliphatic rings. The predicted molar refractivity (Wildman–Crippen MR) is 61.6 cm³/mol. The Morgan fingerprint density at radius 2 is 1.93 bits per heavy atom. The Kier molecular flexibility index (Phi) is 5.37. The van der Waals surface area contributed by atoms with Crippen molar-refractivity contribution in [3.63, 3.8) is 0 Å². The van der Waals surface area contributed by atoms with Crippen molar-refractivity contribution in [1.29, 1.82) is 0 Å². The van der Waals surface area contributed by atoms with Gasteiger partial charge in [-0.2, -0.15) is 0 Å². The molecule has 1 N–H and O–H groups in total. The molecule has 0 amide bonds. The highest BCUT2D eigenvalue weighted by Crippen LogP contribution is 2.08. The molecule has 0 bridgehead atoms. The largest absolute Gasteiger partial charge is 0.393 e. The van der Waals surface area contributed by atoms with Crippen LogP contribution in [0.25, 0.3) is 0 Å². The van der Waals surface area contributed by atoms with E-state index in [9.17, 15) is 5.11 Å². The Morgan fingerprint density at radius 1 is 1.27 bits per heavy atom. The number of aliphatic hydroxyl groups is 1. The van der Waals surface area contributed by atoms with Crippen LogP contribution < -0.4 is 0 Å². The van der Waals surface area contributed by atoms with Gasteiger partial charge in [-0.05, 0) is 25.3 Å².